The highest BCUT2D eigenvalue weighted by atomic mass is 32.2. The maximum Gasteiger partial charge on any atom is 0.412 e. The van der Waals surface area contributed by atoms with E-state index < -0.39 is 38.7 Å². The zero-order chi connectivity index (χ0) is 15.7. The minimum atomic E-state index is -4.78. The predicted octanol–water partition coefficient (Wildman–Crippen LogP) is 4.68. The number of rotatable bonds is 6. The van der Waals surface area contributed by atoms with Crippen molar-refractivity contribution >= 4 is 19.4 Å². The van der Waals surface area contributed by atoms with Gasteiger partial charge in [-0.15, -0.1) is 0 Å². The van der Waals surface area contributed by atoms with Crippen LogP contribution >= 0.6 is 19.4 Å². The van der Waals surface area contributed by atoms with Crippen LogP contribution in [0.5, 0.6) is 0 Å². The van der Waals surface area contributed by atoms with Gasteiger partial charge >= 0.3 is 19.9 Å². The lowest BCUT2D eigenvalue weighted by molar-refractivity contribution is -0.165. The molecule has 0 amide bonds. The smallest absolute Gasteiger partial charge is 0.298 e. The van der Waals surface area contributed by atoms with Gasteiger partial charge in [0.05, 0.1) is 5.49 Å². The number of hydrogen-bond donors (Lipinski definition) is 0. The summed E-state index contributed by atoms with van der Waals surface area (Å²) in [5, 5.41) is 0. The fourth-order valence-electron chi connectivity index (χ4n) is 0.613. The summed E-state index contributed by atoms with van der Waals surface area (Å²) in [6.07, 6.45) is -8.22. The molecule has 3 nitrogen and oxygen atoms in total. The van der Waals surface area contributed by atoms with E-state index in [2.05, 4.69) is 9.05 Å². The van der Waals surface area contributed by atoms with Gasteiger partial charge in [0.1, 0.15) is 0 Å². The van der Waals surface area contributed by atoms with Gasteiger partial charge in [-0.05, 0) is 6.26 Å². The van der Waals surface area contributed by atoms with Crippen molar-refractivity contribution in [2.45, 2.75) is 26.2 Å². The molecule has 0 aromatic carbocycles. The summed E-state index contributed by atoms with van der Waals surface area (Å²) in [6, 6.07) is 0. The average molecular weight is 336 g/mol. The van der Waals surface area contributed by atoms with Gasteiger partial charge in [0.15, 0.2) is 13.2 Å². The minimum Gasteiger partial charge on any atom is -0.298 e. The van der Waals surface area contributed by atoms with Crippen LogP contribution in [-0.2, 0) is 13.6 Å². The van der Waals surface area contributed by atoms with E-state index in [9.17, 15) is 30.9 Å². The zero-order valence-corrected chi connectivity index (χ0v) is 12.2. The van der Waals surface area contributed by atoms with Gasteiger partial charge in [-0.1, -0.05) is 13.8 Å². The molecule has 0 aromatic heterocycles. The SMILES string of the molecule is CC.CSCP(=O)(OCC(F)(F)F)OCC(F)(F)F. The van der Waals surface area contributed by atoms with Crippen LogP contribution in [0.25, 0.3) is 0 Å². The van der Waals surface area contributed by atoms with E-state index in [0.717, 1.165) is 11.8 Å². The van der Waals surface area contributed by atoms with Crippen molar-refractivity contribution in [1.82, 2.24) is 0 Å². The van der Waals surface area contributed by atoms with Crippen LogP contribution in [-0.4, -0.2) is 37.3 Å². The molecule has 0 aromatic rings. The quantitative estimate of drug-likeness (QED) is 0.521. The Bertz CT molecular complexity index is 259. The molecular formula is C8H15F6O3PS. The topological polar surface area (TPSA) is 35.5 Å². The number of hydrogen-bond acceptors (Lipinski definition) is 4. The molecule has 0 aliphatic carbocycles. The van der Waals surface area contributed by atoms with Gasteiger partial charge in [0.2, 0.25) is 0 Å². The van der Waals surface area contributed by atoms with Gasteiger partial charge in [0.25, 0.3) is 0 Å². The Labute approximate surface area is 111 Å². The monoisotopic (exact) mass is 336 g/mol. The van der Waals surface area contributed by atoms with Crippen LogP contribution in [0.15, 0.2) is 0 Å². The lowest BCUT2D eigenvalue weighted by Gasteiger charge is -2.19. The Morgan fingerprint density at radius 3 is 1.47 bits per heavy atom. The summed E-state index contributed by atoms with van der Waals surface area (Å²) in [6.45, 7) is 0.172. The standard InChI is InChI=1S/C6H9F6O3PS.C2H6/c1-17-4-16(13,14-2-5(7,8)9)15-3-6(10,11)12;1-2/h2-4H2,1H3;1-2H3. The molecule has 11 heteroatoms. The van der Waals surface area contributed by atoms with E-state index in [-0.39, 0.29) is 0 Å². The van der Waals surface area contributed by atoms with E-state index in [4.69, 9.17) is 0 Å². The van der Waals surface area contributed by atoms with E-state index >= 15 is 0 Å². The lowest BCUT2D eigenvalue weighted by atomic mass is 10.7. The van der Waals surface area contributed by atoms with Crippen molar-refractivity contribution in [2.75, 3.05) is 25.0 Å². The van der Waals surface area contributed by atoms with Crippen molar-refractivity contribution in [3.05, 3.63) is 0 Å². The second kappa shape index (κ2) is 9.10. The molecule has 0 heterocycles. The third-order valence-electron chi connectivity index (χ3n) is 1.14. The molecule has 0 radical (unpaired) electrons. The van der Waals surface area contributed by atoms with Crippen LogP contribution in [0.2, 0.25) is 0 Å². The zero-order valence-electron chi connectivity index (χ0n) is 10.5. The summed E-state index contributed by atoms with van der Waals surface area (Å²) in [7, 11) is -4.39. The molecule has 0 aliphatic heterocycles. The summed E-state index contributed by atoms with van der Waals surface area (Å²) in [4.78, 5) is 0. The Morgan fingerprint density at radius 2 is 1.26 bits per heavy atom. The molecule has 118 valence electrons. The first-order chi connectivity index (χ1) is 8.47. The van der Waals surface area contributed by atoms with Crippen molar-refractivity contribution in [1.29, 1.82) is 0 Å². The van der Waals surface area contributed by atoms with Crippen LogP contribution < -0.4 is 0 Å². The molecule has 0 fully saturated rings. The first-order valence-corrected chi connectivity index (χ1v) is 8.10. The Hall–Kier alpha value is 0.0800. The molecule has 0 spiro atoms. The second-order valence-electron chi connectivity index (χ2n) is 2.81. The first kappa shape index (κ1) is 21.4. The summed E-state index contributed by atoms with van der Waals surface area (Å²) in [5.41, 5.74) is -0.584. The number of thioether (sulfide) groups is 1. The molecule has 0 saturated heterocycles. The highest BCUT2D eigenvalue weighted by Gasteiger charge is 2.38. The third kappa shape index (κ3) is 14.3. The van der Waals surface area contributed by atoms with Gasteiger partial charge in [-0.2, -0.15) is 38.1 Å². The first-order valence-electron chi connectivity index (χ1n) is 4.98. The van der Waals surface area contributed by atoms with Crippen molar-refractivity contribution in [3.8, 4) is 0 Å². The fourth-order valence-corrected chi connectivity index (χ4v) is 3.23. The van der Waals surface area contributed by atoms with Crippen LogP contribution in [0.1, 0.15) is 13.8 Å². The Kier molecular flexibility index (Phi) is 10.2. The minimum absolute atomic E-state index is 0.584. The molecule has 0 bridgehead atoms. The Balaban J connectivity index is 0. The predicted molar refractivity (Wildman–Crippen MR) is 61.4 cm³/mol. The third-order valence-corrected chi connectivity index (χ3v) is 4.48. The summed E-state index contributed by atoms with van der Waals surface area (Å²) in [5.74, 6) is 0. The van der Waals surface area contributed by atoms with Gasteiger partial charge in [0, 0.05) is 0 Å². The molecule has 0 rings (SSSR count). The largest absolute Gasteiger partial charge is 0.412 e. The average Bonchev–Trinajstić information content (AvgIpc) is 2.26. The van der Waals surface area contributed by atoms with Gasteiger partial charge in [-0.25, -0.2) is 0 Å². The molecule has 0 atom stereocenters. The lowest BCUT2D eigenvalue weighted by Crippen LogP contribution is -2.20. The highest BCUT2D eigenvalue weighted by Crippen LogP contribution is 2.52. The number of alkyl halides is 6. The van der Waals surface area contributed by atoms with Crippen LogP contribution in [0, 0.1) is 0 Å². The maximum absolute atomic E-state index is 11.8. The summed E-state index contributed by atoms with van der Waals surface area (Å²) < 4.78 is 89.9. The van der Waals surface area contributed by atoms with Crippen LogP contribution in [0.3, 0.4) is 0 Å². The van der Waals surface area contributed by atoms with Crippen LogP contribution in [0.4, 0.5) is 26.3 Å². The molecular weight excluding hydrogens is 321 g/mol. The fraction of sp³-hybridized carbons (Fsp3) is 1.00. The highest BCUT2D eigenvalue weighted by molar-refractivity contribution is 8.03. The van der Waals surface area contributed by atoms with E-state index in [1.54, 1.807) is 0 Å². The maximum atomic E-state index is 11.8. The van der Waals surface area contributed by atoms with E-state index in [1.165, 1.54) is 6.26 Å². The molecule has 19 heavy (non-hydrogen) atoms. The molecule has 0 aliphatic rings. The van der Waals surface area contributed by atoms with E-state index in [0.29, 0.717) is 0 Å². The summed E-state index contributed by atoms with van der Waals surface area (Å²) >= 11 is 0.762. The molecule has 0 unspecified atom stereocenters. The Morgan fingerprint density at radius 1 is 0.947 bits per heavy atom. The molecule has 0 saturated carbocycles. The second-order valence-corrected chi connectivity index (χ2v) is 6.15. The van der Waals surface area contributed by atoms with Gasteiger partial charge < -0.3 is 0 Å². The van der Waals surface area contributed by atoms with Crippen molar-refractivity contribution in [2.24, 2.45) is 0 Å². The number of halogens is 6. The van der Waals surface area contributed by atoms with Crippen molar-refractivity contribution in [3.63, 3.8) is 0 Å². The molecule has 0 N–H and O–H groups in total. The normalized spacial score (nSPS) is 12.9. The van der Waals surface area contributed by atoms with Crippen molar-refractivity contribution < 1.29 is 40.0 Å². The van der Waals surface area contributed by atoms with E-state index in [1.807, 2.05) is 13.8 Å². The van der Waals surface area contributed by atoms with Gasteiger partial charge in [-0.3, -0.25) is 13.6 Å².